The van der Waals surface area contributed by atoms with Crippen LogP contribution in [0.1, 0.15) is 24.2 Å². The number of hydrogen-bond acceptors (Lipinski definition) is 5. The Morgan fingerprint density at radius 1 is 1.29 bits per heavy atom. The molecule has 5 heteroatoms. The molecule has 0 aromatic heterocycles. The van der Waals surface area contributed by atoms with Gasteiger partial charge in [-0.15, -0.1) is 0 Å². The first kappa shape index (κ1) is 15.3. The maximum Gasteiger partial charge on any atom is 0.338 e. The van der Waals surface area contributed by atoms with E-state index in [0.29, 0.717) is 11.1 Å². The quantitative estimate of drug-likeness (QED) is 0.628. The van der Waals surface area contributed by atoms with Crippen molar-refractivity contribution in [2.75, 3.05) is 6.61 Å². The summed E-state index contributed by atoms with van der Waals surface area (Å²) in [5.74, 6) is -0.811. The molecular weight excluding hydrogens is 272 g/mol. The minimum atomic E-state index is -0.497. The maximum atomic E-state index is 11.9. The lowest BCUT2D eigenvalue weighted by Crippen LogP contribution is -2.25. The average Bonchev–Trinajstić information content (AvgIpc) is 2.73. The third kappa shape index (κ3) is 3.70. The molecular formula is C16H18O5. The fourth-order valence-electron chi connectivity index (χ4n) is 2.21. The number of ether oxygens (including phenoxy) is 3. The van der Waals surface area contributed by atoms with Gasteiger partial charge in [0.1, 0.15) is 12.7 Å². The monoisotopic (exact) mass is 290 g/mol. The molecule has 0 amide bonds. The van der Waals surface area contributed by atoms with Crippen molar-refractivity contribution in [2.45, 2.75) is 32.2 Å². The number of carbonyl (C=O) groups excluding carboxylic acids is 2. The Balaban J connectivity index is 1.91. The lowest BCUT2D eigenvalue weighted by atomic mass is 10.1. The molecule has 1 heterocycles. The van der Waals surface area contributed by atoms with E-state index < -0.39 is 24.1 Å². The average molecular weight is 290 g/mol. The van der Waals surface area contributed by atoms with E-state index in [-0.39, 0.29) is 12.7 Å². The van der Waals surface area contributed by atoms with Crippen LogP contribution in [0.25, 0.3) is 0 Å². The van der Waals surface area contributed by atoms with Crippen molar-refractivity contribution in [1.82, 2.24) is 0 Å². The van der Waals surface area contributed by atoms with E-state index in [0.717, 1.165) is 0 Å². The summed E-state index contributed by atoms with van der Waals surface area (Å²) in [5.41, 5.74) is 1.09. The van der Waals surface area contributed by atoms with Gasteiger partial charge in [0.15, 0.2) is 6.10 Å². The van der Waals surface area contributed by atoms with Crippen molar-refractivity contribution in [3.05, 3.63) is 48.0 Å². The van der Waals surface area contributed by atoms with Crippen molar-refractivity contribution >= 4 is 11.9 Å². The predicted molar refractivity (Wildman–Crippen MR) is 75.8 cm³/mol. The number of benzene rings is 1. The molecule has 1 saturated heterocycles. The summed E-state index contributed by atoms with van der Waals surface area (Å²) in [6.07, 6.45) is -1.26. The first-order valence-corrected chi connectivity index (χ1v) is 6.72. The Morgan fingerprint density at radius 2 is 1.95 bits per heavy atom. The Hall–Kier alpha value is -2.14. The second-order valence-corrected chi connectivity index (χ2v) is 4.90. The summed E-state index contributed by atoms with van der Waals surface area (Å²) in [5, 5.41) is 0. The number of rotatable bonds is 4. The Kier molecular flexibility index (Phi) is 4.75. The zero-order chi connectivity index (χ0) is 15.4. The molecule has 0 spiro atoms. The largest absolute Gasteiger partial charge is 0.459 e. The van der Waals surface area contributed by atoms with Gasteiger partial charge in [-0.25, -0.2) is 4.79 Å². The highest BCUT2D eigenvalue weighted by atomic mass is 16.6. The molecule has 1 fully saturated rings. The van der Waals surface area contributed by atoms with E-state index in [1.165, 1.54) is 6.92 Å². The van der Waals surface area contributed by atoms with Crippen LogP contribution in [0.2, 0.25) is 0 Å². The highest BCUT2D eigenvalue weighted by Gasteiger charge is 2.38. The molecule has 0 bridgehead atoms. The van der Waals surface area contributed by atoms with Crippen LogP contribution in [-0.2, 0) is 19.0 Å². The van der Waals surface area contributed by atoms with Crippen LogP contribution < -0.4 is 0 Å². The molecule has 5 nitrogen and oxygen atoms in total. The maximum absolute atomic E-state index is 11.9. The van der Waals surface area contributed by atoms with Crippen molar-refractivity contribution < 1.29 is 23.8 Å². The molecule has 112 valence electrons. The van der Waals surface area contributed by atoms with Gasteiger partial charge < -0.3 is 14.2 Å². The number of hydrogen-bond donors (Lipinski definition) is 0. The van der Waals surface area contributed by atoms with E-state index in [2.05, 4.69) is 6.58 Å². The van der Waals surface area contributed by atoms with E-state index in [9.17, 15) is 9.59 Å². The third-order valence-corrected chi connectivity index (χ3v) is 3.25. The Labute approximate surface area is 123 Å². The fraction of sp³-hybridized carbons (Fsp3) is 0.375. The topological polar surface area (TPSA) is 61.8 Å². The summed E-state index contributed by atoms with van der Waals surface area (Å²) < 4.78 is 16.0. The molecule has 3 atom stereocenters. The van der Waals surface area contributed by atoms with Gasteiger partial charge in [-0.1, -0.05) is 24.8 Å². The zero-order valence-electron chi connectivity index (χ0n) is 12.1. The summed E-state index contributed by atoms with van der Waals surface area (Å²) in [7, 11) is 0. The van der Waals surface area contributed by atoms with Crippen molar-refractivity contribution in [3.63, 3.8) is 0 Å². The first-order valence-electron chi connectivity index (χ1n) is 6.72. The minimum Gasteiger partial charge on any atom is -0.459 e. The lowest BCUT2D eigenvalue weighted by Gasteiger charge is -2.14. The molecule has 0 unspecified atom stereocenters. The molecule has 21 heavy (non-hydrogen) atoms. The predicted octanol–water partition coefficient (Wildman–Crippen LogP) is 2.12. The van der Waals surface area contributed by atoms with Crippen LogP contribution in [0.15, 0.2) is 42.5 Å². The van der Waals surface area contributed by atoms with Crippen LogP contribution in [0.5, 0.6) is 0 Å². The molecule has 1 aromatic carbocycles. The molecule has 0 radical (unpaired) electrons. The second kappa shape index (κ2) is 6.54. The summed E-state index contributed by atoms with van der Waals surface area (Å²) in [6.45, 7) is 7.05. The SMILES string of the molecule is C=C1[C@@H](OC(C)=O)[C@H](C)O[C@@H]1COC(=O)c1ccccc1. The van der Waals surface area contributed by atoms with Gasteiger partial charge in [0.2, 0.25) is 0 Å². The Morgan fingerprint density at radius 3 is 2.57 bits per heavy atom. The van der Waals surface area contributed by atoms with Crippen molar-refractivity contribution in [3.8, 4) is 0 Å². The van der Waals surface area contributed by atoms with Crippen LogP contribution >= 0.6 is 0 Å². The minimum absolute atomic E-state index is 0.0503. The second-order valence-electron chi connectivity index (χ2n) is 4.90. The number of esters is 2. The van der Waals surface area contributed by atoms with Crippen LogP contribution in [-0.4, -0.2) is 36.9 Å². The molecule has 0 aliphatic carbocycles. The fourth-order valence-corrected chi connectivity index (χ4v) is 2.21. The van der Waals surface area contributed by atoms with E-state index in [4.69, 9.17) is 14.2 Å². The Bertz CT molecular complexity index is 537. The standard InChI is InChI=1S/C16H18O5/c1-10-14(20-11(2)15(10)21-12(3)17)9-19-16(18)13-7-5-4-6-8-13/h4-8,11,14-15H,1,9H2,2-3H3/t11-,14+,15+/m0/s1. The van der Waals surface area contributed by atoms with Crippen LogP contribution in [0, 0.1) is 0 Å². The zero-order valence-corrected chi connectivity index (χ0v) is 12.1. The van der Waals surface area contributed by atoms with Gasteiger partial charge in [-0.05, 0) is 24.6 Å². The molecule has 1 aromatic rings. The highest BCUT2D eigenvalue weighted by Crippen LogP contribution is 2.28. The van der Waals surface area contributed by atoms with Gasteiger partial charge >= 0.3 is 11.9 Å². The third-order valence-electron chi connectivity index (χ3n) is 3.25. The van der Waals surface area contributed by atoms with Crippen LogP contribution in [0.3, 0.4) is 0 Å². The van der Waals surface area contributed by atoms with E-state index >= 15 is 0 Å². The normalized spacial score (nSPS) is 24.7. The molecule has 1 aliphatic heterocycles. The highest BCUT2D eigenvalue weighted by molar-refractivity contribution is 5.89. The molecule has 0 N–H and O–H groups in total. The van der Waals surface area contributed by atoms with Gasteiger partial charge in [0.05, 0.1) is 11.7 Å². The first-order chi connectivity index (χ1) is 9.99. The smallest absolute Gasteiger partial charge is 0.338 e. The molecule has 0 saturated carbocycles. The van der Waals surface area contributed by atoms with Crippen LogP contribution in [0.4, 0.5) is 0 Å². The van der Waals surface area contributed by atoms with Gasteiger partial charge in [0.25, 0.3) is 0 Å². The molecule has 2 rings (SSSR count). The van der Waals surface area contributed by atoms with Gasteiger partial charge in [-0.2, -0.15) is 0 Å². The van der Waals surface area contributed by atoms with Crippen molar-refractivity contribution in [2.24, 2.45) is 0 Å². The van der Waals surface area contributed by atoms with Gasteiger partial charge in [-0.3, -0.25) is 4.79 Å². The summed E-state index contributed by atoms with van der Waals surface area (Å²) >= 11 is 0. The van der Waals surface area contributed by atoms with E-state index in [1.54, 1.807) is 31.2 Å². The lowest BCUT2D eigenvalue weighted by molar-refractivity contribution is -0.147. The summed E-state index contributed by atoms with van der Waals surface area (Å²) in [6, 6.07) is 8.71. The van der Waals surface area contributed by atoms with Crippen molar-refractivity contribution in [1.29, 1.82) is 0 Å². The molecule has 1 aliphatic rings. The van der Waals surface area contributed by atoms with E-state index in [1.807, 2.05) is 6.07 Å². The number of carbonyl (C=O) groups is 2. The summed E-state index contributed by atoms with van der Waals surface area (Å²) in [4.78, 5) is 22.9. The van der Waals surface area contributed by atoms with Gasteiger partial charge in [0, 0.05) is 6.92 Å².